The van der Waals surface area contributed by atoms with E-state index in [2.05, 4.69) is 5.32 Å². The van der Waals surface area contributed by atoms with Crippen molar-refractivity contribution in [3.05, 3.63) is 78.0 Å². The first kappa shape index (κ1) is 18.4. The summed E-state index contributed by atoms with van der Waals surface area (Å²) in [7, 11) is 0. The summed E-state index contributed by atoms with van der Waals surface area (Å²) in [5.74, 6) is 1.00. The Morgan fingerprint density at radius 2 is 1.71 bits per heavy atom. The average molecular weight is 375 g/mol. The molecule has 0 bridgehead atoms. The second-order valence-corrected chi connectivity index (χ2v) is 7.21. The topological polar surface area (TPSA) is 56.1 Å². The van der Waals surface area contributed by atoms with Crippen molar-refractivity contribution >= 4 is 11.7 Å². The van der Waals surface area contributed by atoms with E-state index >= 15 is 0 Å². The van der Waals surface area contributed by atoms with Gasteiger partial charge < -0.3 is 10.1 Å². The lowest BCUT2D eigenvalue weighted by Crippen LogP contribution is -2.20. The van der Waals surface area contributed by atoms with E-state index in [0.717, 1.165) is 16.9 Å². The summed E-state index contributed by atoms with van der Waals surface area (Å²) in [5.41, 5.74) is 3.04. The maximum Gasteiger partial charge on any atom is 0.251 e. The van der Waals surface area contributed by atoms with E-state index in [1.807, 2.05) is 71.4 Å². The summed E-state index contributed by atoms with van der Waals surface area (Å²) in [6.45, 7) is 0.424. The fraction of sp³-hybridized carbons (Fsp3) is 0.304. The number of carbonyl (C=O) groups excluding carboxylic acids is 1. The van der Waals surface area contributed by atoms with Crippen LogP contribution in [0.15, 0.2) is 66.7 Å². The fourth-order valence-electron chi connectivity index (χ4n) is 3.69. The number of ether oxygens (including phenoxy) is 1. The highest BCUT2D eigenvalue weighted by atomic mass is 16.5. The summed E-state index contributed by atoms with van der Waals surface area (Å²) in [6, 6.07) is 21.8. The van der Waals surface area contributed by atoms with Crippen molar-refractivity contribution in [1.29, 1.82) is 0 Å². The maximum absolute atomic E-state index is 12.4. The molecule has 0 spiro atoms. The highest BCUT2D eigenvalue weighted by Crippen LogP contribution is 2.35. The van der Waals surface area contributed by atoms with Gasteiger partial charge in [-0.15, -0.1) is 0 Å². The lowest BCUT2D eigenvalue weighted by Gasteiger charge is -2.09. The first-order valence-electron chi connectivity index (χ1n) is 9.86. The van der Waals surface area contributed by atoms with Crippen LogP contribution in [0.5, 0.6) is 0 Å². The Labute approximate surface area is 165 Å². The van der Waals surface area contributed by atoms with Crippen molar-refractivity contribution < 1.29 is 9.53 Å². The third kappa shape index (κ3) is 4.49. The predicted molar refractivity (Wildman–Crippen MR) is 110 cm³/mol. The van der Waals surface area contributed by atoms with Gasteiger partial charge in [-0.05, 0) is 30.5 Å². The number of nitrogens with zero attached hydrogens (tertiary/aromatic N) is 2. The van der Waals surface area contributed by atoms with Gasteiger partial charge in [-0.1, -0.05) is 61.4 Å². The molecule has 0 atom stereocenters. The molecule has 144 valence electrons. The number of anilines is 1. The van der Waals surface area contributed by atoms with Crippen LogP contribution in [0.25, 0.3) is 5.69 Å². The largest absolute Gasteiger partial charge is 0.367 e. The average Bonchev–Trinajstić information content (AvgIpc) is 3.39. The number of aromatic nitrogens is 2. The molecule has 28 heavy (non-hydrogen) atoms. The van der Waals surface area contributed by atoms with Crippen LogP contribution in [0.4, 0.5) is 5.82 Å². The molecule has 5 nitrogen and oxygen atoms in total. The third-order valence-electron chi connectivity index (χ3n) is 5.11. The van der Waals surface area contributed by atoms with E-state index in [1.54, 1.807) is 0 Å². The van der Waals surface area contributed by atoms with Crippen molar-refractivity contribution in [1.82, 2.24) is 9.78 Å². The van der Waals surface area contributed by atoms with Gasteiger partial charge in [0.15, 0.2) is 0 Å². The predicted octanol–water partition coefficient (Wildman–Crippen LogP) is 4.69. The fourth-order valence-corrected chi connectivity index (χ4v) is 3.69. The number of nitrogens with one attached hydrogen (secondary N) is 1. The molecule has 1 aliphatic rings. The molecule has 5 heteroatoms. The molecule has 1 aromatic heterocycles. The number of hydrogen-bond acceptors (Lipinski definition) is 3. The van der Waals surface area contributed by atoms with E-state index < -0.39 is 0 Å². The molecular weight excluding hydrogens is 350 g/mol. The molecular formula is C23H25N3O2. The van der Waals surface area contributed by atoms with Gasteiger partial charge in [-0.2, -0.15) is 5.10 Å². The standard InChI is InChI=1S/C23H25N3O2/c27-23(17-28-16-18-9-3-1-4-10-18)24-22-15-21(19-11-7-8-12-19)25-26(22)20-13-5-2-6-14-20/h1-6,9-10,13-15,19H,7-8,11-12,16-17H2,(H,24,27). The highest BCUT2D eigenvalue weighted by molar-refractivity contribution is 5.91. The highest BCUT2D eigenvalue weighted by Gasteiger charge is 2.22. The van der Waals surface area contributed by atoms with E-state index in [0.29, 0.717) is 18.3 Å². The Morgan fingerprint density at radius 1 is 1.04 bits per heavy atom. The smallest absolute Gasteiger partial charge is 0.251 e. The van der Waals surface area contributed by atoms with Gasteiger partial charge in [0.1, 0.15) is 12.4 Å². The van der Waals surface area contributed by atoms with Gasteiger partial charge in [0.2, 0.25) is 0 Å². The van der Waals surface area contributed by atoms with E-state index in [1.165, 1.54) is 25.7 Å². The number of benzene rings is 2. The molecule has 1 saturated carbocycles. The van der Waals surface area contributed by atoms with Crippen LogP contribution >= 0.6 is 0 Å². The maximum atomic E-state index is 12.4. The molecule has 0 aliphatic heterocycles. The zero-order valence-electron chi connectivity index (χ0n) is 15.9. The molecule has 3 aromatic rings. The normalized spacial score (nSPS) is 14.3. The Kier molecular flexibility index (Phi) is 5.83. The van der Waals surface area contributed by atoms with Crippen molar-refractivity contribution in [2.45, 2.75) is 38.2 Å². The molecule has 1 amide bonds. The number of hydrogen-bond donors (Lipinski definition) is 1. The quantitative estimate of drug-likeness (QED) is 0.652. The molecule has 0 radical (unpaired) electrons. The zero-order chi connectivity index (χ0) is 19.2. The lowest BCUT2D eigenvalue weighted by atomic mass is 10.0. The number of rotatable bonds is 7. The summed E-state index contributed by atoms with van der Waals surface area (Å²) in [6.07, 6.45) is 4.83. The Balaban J connectivity index is 1.45. The minimum absolute atomic E-state index is 0.00757. The number of para-hydroxylation sites is 1. The molecule has 0 unspecified atom stereocenters. The van der Waals surface area contributed by atoms with Gasteiger partial charge in [-0.3, -0.25) is 4.79 Å². The first-order valence-corrected chi connectivity index (χ1v) is 9.86. The second-order valence-electron chi connectivity index (χ2n) is 7.21. The van der Waals surface area contributed by atoms with E-state index in [4.69, 9.17) is 9.84 Å². The van der Waals surface area contributed by atoms with Gasteiger partial charge in [0.25, 0.3) is 5.91 Å². The molecule has 4 rings (SSSR count). The van der Waals surface area contributed by atoms with Crippen LogP contribution in [0, 0.1) is 0 Å². The SMILES string of the molecule is O=C(COCc1ccccc1)Nc1cc(C2CCCC2)nn1-c1ccccc1. The molecule has 2 aromatic carbocycles. The summed E-state index contributed by atoms with van der Waals surface area (Å²) >= 11 is 0. The Morgan fingerprint density at radius 3 is 2.43 bits per heavy atom. The lowest BCUT2D eigenvalue weighted by molar-refractivity contribution is -0.121. The second kappa shape index (κ2) is 8.85. The minimum Gasteiger partial charge on any atom is -0.367 e. The van der Waals surface area contributed by atoms with Crippen LogP contribution in [0.1, 0.15) is 42.9 Å². The Bertz CT molecular complexity index is 900. The van der Waals surface area contributed by atoms with Crippen molar-refractivity contribution in [3.8, 4) is 5.69 Å². The first-order chi connectivity index (χ1) is 13.8. The van der Waals surface area contributed by atoms with Gasteiger partial charge in [-0.25, -0.2) is 4.68 Å². The molecule has 1 N–H and O–H groups in total. The van der Waals surface area contributed by atoms with Crippen LogP contribution in [0.2, 0.25) is 0 Å². The molecule has 1 fully saturated rings. The third-order valence-corrected chi connectivity index (χ3v) is 5.11. The number of carbonyl (C=O) groups is 1. The van der Waals surface area contributed by atoms with Crippen LogP contribution in [0.3, 0.4) is 0 Å². The Hall–Kier alpha value is -2.92. The zero-order valence-corrected chi connectivity index (χ0v) is 15.9. The summed E-state index contributed by atoms with van der Waals surface area (Å²) in [4.78, 5) is 12.4. The van der Waals surface area contributed by atoms with Crippen LogP contribution in [-0.4, -0.2) is 22.3 Å². The number of amides is 1. The van der Waals surface area contributed by atoms with Gasteiger partial charge in [0, 0.05) is 12.0 Å². The molecule has 1 aliphatic carbocycles. The summed E-state index contributed by atoms with van der Waals surface area (Å²) < 4.78 is 7.39. The van der Waals surface area contributed by atoms with Gasteiger partial charge >= 0.3 is 0 Å². The van der Waals surface area contributed by atoms with Crippen LogP contribution < -0.4 is 5.32 Å². The molecule has 0 saturated heterocycles. The summed E-state index contributed by atoms with van der Waals surface area (Å²) in [5, 5.41) is 7.78. The minimum atomic E-state index is -0.175. The molecule has 1 heterocycles. The van der Waals surface area contributed by atoms with E-state index in [-0.39, 0.29) is 12.5 Å². The van der Waals surface area contributed by atoms with Crippen molar-refractivity contribution in [3.63, 3.8) is 0 Å². The monoisotopic (exact) mass is 375 g/mol. The van der Waals surface area contributed by atoms with Crippen molar-refractivity contribution in [2.75, 3.05) is 11.9 Å². The van der Waals surface area contributed by atoms with Crippen molar-refractivity contribution in [2.24, 2.45) is 0 Å². The van der Waals surface area contributed by atoms with E-state index in [9.17, 15) is 4.79 Å². The van der Waals surface area contributed by atoms with Gasteiger partial charge in [0.05, 0.1) is 18.0 Å². The van der Waals surface area contributed by atoms with Crippen LogP contribution in [-0.2, 0) is 16.1 Å².